The summed E-state index contributed by atoms with van der Waals surface area (Å²) >= 11 is 0. The van der Waals surface area contributed by atoms with E-state index < -0.39 is 16.5 Å². The van der Waals surface area contributed by atoms with Crippen molar-refractivity contribution in [2.75, 3.05) is 5.75 Å². The second kappa shape index (κ2) is 10.4. The summed E-state index contributed by atoms with van der Waals surface area (Å²) in [6.45, 7) is 2.20. The number of hydrogen-bond acceptors (Lipinski definition) is 3. The summed E-state index contributed by atoms with van der Waals surface area (Å²) in [4.78, 5) is 10.5. The molecule has 0 fully saturated rings. The van der Waals surface area contributed by atoms with E-state index in [9.17, 15) is 13.9 Å². The highest BCUT2D eigenvalue weighted by Gasteiger charge is 2.07. The van der Waals surface area contributed by atoms with Crippen LogP contribution >= 0.6 is 10.6 Å². The van der Waals surface area contributed by atoms with Gasteiger partial charge in [-0.15, -0.1) is 0 Å². The lowest BCUT2D eigenvalue weighted by Gasteiger charge is -2.27. The fourth-order valence-electron chi connectivity index (χ4n) is 1.69. The topological polar surface area (TPSA) is 83.6 Å². The number of primary amides is 1. The normalized spacial score (nSPS) is 13.1. The first-order valence-corrected chi connectivity index (χ1v) is 8.49. The molecule has 1 amide bonds. The fraction of sp³-hybridized carbons (Fsp3) is 0.769. The van der Waals surface area contributed by atoms with Gasteiger partial charge in [-0.05, 0) is 6.42 Å². The Bertz CT molecular complexity index is 255. The van der Waals surface area contributed by atoms with Crippen LogP contribution in [-0.4, -0.2) is 20.8 Å². The molecule has 0 unspecified atom stereocenters. The molecule has 18 heavy (non-hydrogen) atoms. The molecule has 0 aromatic rings. The van der Waals surface area contributed by atoms with Gasteiger partial charge in [0.25, 0.3) is 0 Å². The van der Waals surface area contributed by atoms with Crippen molar-refractivity contribution in [1.29, 1.82) is 0 Å². The summed E-state index contributed by atoms with van der Waals surface area (Å²) in [7, 11) is -2.76. The number of unbranched alkanes of at least 4 members (excludes halogenated alkanes) is 7. The fourth-order valence-corrected chi connectivity index (χ4v) is 2.81. The van der Waals surface area contributed by atoms with Crippen LogP contribution < -0.4 is 5.73 Å². The number of carbonyl (C=O) groups excluding carboxylic acids is 1. The number of amides is 1. The Morgan fingerprint density at radius 1 is 1.06 bits per heavy atom. The SMILES string of the molecule is CCCCCCCCCCS(O)(O)/C=C/C(N)=O. The Morgan fingerprint density at radius 3 is 2.06 bits per heavy atom. The summed E-state index contributed by atoms with van der Waals surface area (Å²) in [5, 5.41) is 1.14. The van der Waals surface area contributed by atoms with Crippen LogP contribution in [0.15, 0.2) is 11.5 Å². The lowest BCUT2D eigenvalue weighted by atomic mass is 10.1. The van der Waals surface area contributed by atoms with Crippen LogP contribution in [0.1, 0.15) is 58.3 Å². The molecule has 0 aliphatic heterocycles. The average Bonchev–Trinajstić information content (AvgIpc) is 2.30. The van der Waals surface area contributed by atoms with Crippen molar-refractivity contribution in [3.05, 3.63) is 11.5 Å². The number of carbonyl (C=O) groups is 1. The van der Waals surface area contributed by atoms with Gasteiger partial charge in [-0.1, -0.05) is 51.9 Å². The molecule has 108 valence electrons. The van der Waals surface area contributed by atoms with E-state index in [0.717, 1.165) is 30.7 Å². The van der Waals surface area contributed by atoms with Gasteiger partial charge in [0.05, 0.1) is 0 Å². The third-order valence-electron chi connectivity index (χ3n) is 2.75. The molecule has 0 saturated carbocycles. The molecule has 0 bridgehead atoms. The first kappa shape index (κ1) is 17.5. The second-order valence-electron chi connectivity index (χ2n) is 4.60. The Kier molecular flexibility index (Phi) is 10.1. The molecule has 0 radical (unpaired) electrons. The van der Waals surface area contributed by atoms with Crippen LogP contribution in [0.2, 0.25) is 0 Å². The van der Waals surface area contributed by atoms with Gasteiger partial charge >= 0.3 is 0 Å². The number of hydrogen-bond donors (Lipinski definition) is 3. The summed E-state index contributed by atoms with van der Waals surface area (Å²) in [5.74, 6) is -0.322. The molecule has 0 rings (SSSR count). The molecule has 0 aliphatic carbocycles. The minimum absolute atomic E-state index is 0.325. The lowest BCUT2D eigenvalue weighted by molar-refractivity contribution is -0.113. The Morgan fingerprint density at radius 2 is 1.56 bits per heavy atom. The number of nitrogens with two attached hydrogens (primary N) is 1. The Balaban J connectivity index is 3.50. The first-order valence-electron chi connectivity index (χ1n) is 6.71. The van der Waals surface area contributed by atoms with E-state index in [1.165, 1.54) is 32.1 Å². The van der Waals surface area contributed by atoms with Crippen LogP contribution in [0.4, 0.5) is 0 Å². The molecule has 4 nitrogen and oxygen atoms in total. The zero-order valence-electron chi connectivity index (χ0n) is 11.3. The van der Waals surface area contributed by atoms with Crippen molar-refractivity contribution >= 4 is 16.5 Å². The van der Waals surface area contributed by atoms with Crippen LogP contribution in [0, 0.1) is 0 Å². The Labute approximate surface area is 112 Å². The third-order valence-corrected chi connectivity index (χ3v) is 4.21. The third kappa shape index (κ3) is 12.0. The molecule has 0 aromatic carbocycles. The molecule has 0 heterocycles. The van der Waals surface area contributed by atoms with Crippen molar-refractivity contribution in [3.63, 3.8) is 0 Å². The maximum absolute atomic E-state index is 10.5. The predicted molar refractivity (Wildman–Crippen MR) is 78.7 cm³/mol. The molecule has 0 saturated heterocycles. The molecule has 0 aromatic heterocycles. The molecule has 0 aliphatic rings. The smallest absolute Gasteiger partial charge is 0.242 e. The molecular formula is C13H27NO3S. The predicted octanol–water partition coefficient (Wildman–Crippen LogP) is 3.88. The summed E-state index contributed by atoms with van der Waals surface area (Å²) in [6, 6.07) is 0. The summed E-state index contributed by atoms with van der Waals surface area (Å²) in [5.41, 5.74) is 4.90. The lowest BCUT2D eigenvalue weighted by Crippen LogP contribution is -2.07. The standard InChI is InChI=1S/C13H27NO3S/c1-2-3-4-5-6-7-8-9-11-18(16,17)12-10-13(14)15/h10,12,16-17H,2-9,11H2,1H3,(H2,14,15)/b12-10+. The Hall–Kier alpha value is -0.520. The van der Waals surface area contributed by atoms with E-state index in [-0.39, 0.29) is 0 Å². The van der Waals surface area contributed by atoms with E-state index in [2.05, 4.69) is 6.92 Å². The zero-order valence-corrected chi connectivity index (χ0v) is 12.1. The molecule has 5 heteroatoms. The molecule has 0 spiro atoms. The molecular weight excluding hydrogens is 250 g/mol. The quantitative estimate of drug-likeness (QED) is 0.396. The van der Waals surface area contributed by atoms with E-state index in [1.807, 2.05) is 0 Å². The van der Waals surface area contributed by atoms with Gasteiger partial charge in [-0.3, -0.25) is 13.9 Å². The van der Waals surface area contributed by atoms with Crippen LogP contribution in [0.25, 0.3) is 0 Å². The van der Waals surface area contributed by atoms with E-state index >= 15 is 0 Å². The summed E-state index contributed by atoms with van der Waals surface area (Å²) < 4.78 is 19.2. The maximum atomic E-state index is 10.5. The van der Waals surface area contributed by atoms with Gasteiger partial charge in [-0.2, -0.15) is 10.6 Å². The highest BCUT2D eigenvalue weighted by Crippen LogP contribution is 2.41. The number of rotatable bonds is 11. The van der Waals surface area contributed by atoms with Crippen molar-refractivity contribution in [2.45, 2.75) is 58.3 Å². The van der Waals surface area contributed by atoms with E-state index in [1.54, 1.807) is 0 Å². The zero-order chi connectivity index (χ0) is 13.9. The van der Waals surface area contributed by atoms with E-state index in [4.69, 9.17) is 5.73 Å². The van der Waals surface area contributed by atoms with Crippen LogP contribution in [-0.2, 0) is 4.79 Å². The van der Waals surface area contributed by atoms with Gasteiger partial charge < -0.3 is 5.73 Å². The van der Waals surface area contributed by atoms with Crippen molar-refractivity contribution in [3.8, 4) is 0 Å². The molecule has 0 atom stereocenters. The monoisotopic (exact) mass is 277 g/mol. The van der Waals surface area contributed by atoms with Gasteiger partial charge in [0.2, 0.25) is 5.91 Å². The highest BCUT2D eigenvalue weighted by molar-refractivity contribution is 8.26. The van der Waals surface area contributed by atoms with Gasteiger partial charge in [0.15, 0.2) is 0 Å². The minimum Gasteiger partial charge on any atom is -0.366 e. The van der Waals surface area contributed by atoms with Crippen molar-refractivity contribution < 1.29 is 13.9 Å². The van der Waals surface area contributed by atoms with Crippen LogP contribution in [0.5, 0.6) is 0 Å². The van der Waals surface area contributed by atoms with Gasteiger partial charge in [-0.25, -0.2) is 0 Å². The summed E-state index contributed by atoms with van der Waals surface area (Å²) in [6.07, 6.45) is 10.3. The minimum atomic E-state index is -2.76. The van der Waals surface area contributed by atoms with E-state index in [0.29, 0.717) is 5.75 Å². The maximum Gasteiger partial charge on any atom is 0.242 e. The van der Waals surface area contributed by atoms with Crippen LogP contribution in [0.3, 0.4) is 0 Å². The molecule has 4 N–H and O–H groups in total. The van der Waals surface area contributed by atoms with Gasteiger partial charge in [0.1, 0.15) is 0 Å². The second-order valence-corrected chi connectivity index (χ2v) is 6.72. The highest BCUT2D eigenvalue weighted by atomic mass is 32.3. The van der Waals surface area contributed by atoms with Crippen molar-refractivity contribution in [2.24, 2.45) is 5.73 Å². The average molecular weight is 277 g/mol. The van der Waals surface area contributed by atoms with Crippen molar-refractivity contribution in [1.82, 2.24) is 0 Å². The largest absolute Gasteiger partial charge is 0.366 e. The van der Waals surface area contributed by atoms with Gasteiger partial charge in [0, 0.05) is 17.2 Å². The first-order chi connectivity index (χ1) is 8.48.